The number of hydrogen-bond acceptors (Lipinski definition) is 5. The van der Waals surface area contributed by atoms with E-state index in [9.17, 15) is 9.59 Å². The highest BCUT2D eigenvalue weighted by Crippen LogP contribution is 2.39. The van der Waals surface area contributed by atoms with Crippen LogP contribution in [-0.2, 0) is 14.3 Å². The Kier molecular flexibility index (Phi) is 5.41. The number of anilines is 1. The first kappa shape index (κ1) is 19.8. The third kappa shape index (κ3) is 3.58. The molecule has 7 heteroatoms. The van der Waals surface area contributed by atoms with E-state index in [1.165, 1.54) is 19.3 Å². The standard InChI is InChI=1S/C23H31N3O4/c27-21(15-26-18-7-1-2-8-19(18)29-16-22(26)28)25-13-14-30-23(17-25)10-4-3-9-20(23)24-11-5-6-12-24/h1-2,7-8,20H,3-6,9-17H2/t20-,23-/m0/s1. The lowest BCUT2D eigenvalue weighted by Gasteiger charge is -2.52. The predicted molar refractivity (Wildman–Crippen MR) is 113 cm³/mol. The molecule has 0 unspecified atom stereocenters. The largest absolute Gasteiger partial charge is 0.482 e. The fraction of sp³-hybridized carbons (Fsp3) is 0.652. The number of rotatable bonds is 3. The Balaban J connectivity index is 1.32. The molecule has 2 amide bonds. The average Bonchev–Trinajstić information content (AvgIpc) is 3.30. The number of hydrogen-bond donors (Lipinski definition) is 0. The average molecular weight is 414 g/mol. The Labute approximate surface area is 177 Å². The van der Waals surface area contributed by atoms with E-state index in [-0.39, 0.29) is 30.6 Å². The highest BCUT2D eigenvalue weighted by Gasteiger charge is 2.49. The van der Waals surface area contributed by atoms with Gasteiger partial charge in [-0.05, 0) is 50.9 Å². The smallest absolute Gasteiger partial charge is 0.265 e. The molecule has 2 saturated heterocycles. The van der Waals surface area contributed by atoms with Gasteiger partial charge in [0.15, 0.2) is 6.61 Å². The lowest BCUT2D eigenvalue weighted by Crippen LogP contribution is -2.65. The number of para-hydroxylation sites is 2. The van der Waals surface area contributed by atoms with Crippen LogP contribution >= 0.6 is 0 Å². The zero-order valence-corrected chi connectivity index (χ0v) is 17.6. The molecule has 1 spiro atoms. The van der Waals surface area contributed by atoms with Gasteiger partial charge in [0.05, 0.1) is 18.8 Å². The monoisotopic (exact) mass is 413 g/mol. The number of likely N-dealkylation sites (tertiary alicyclic amines) is 1. The van der Waals surface area contributed by atoms with Gasteiger partial charge in [-0.3, -0.25) is 19.4 Å². The van der Waals surface area contributed by atoms with E-state index in [4.69, 9.17) is 9.47 Å². The Morgan fingerprint density at radius 2 is 1.93 bits per heavy atom. The summed E-state index contributed by atoms with van der Waals surface area (Å²) in [5, 5.41) is 0. The summed E-state index contributed by atoms with van der Waals surface area (Å²) in [5.41, 5.74) is 0.418. The second-order valence-corrected chi connectivity index (χ2v) is 8.97. The molecule has 3 aliphatic heterocycles. The van der Waals surface area contributed by atoms with Crippen molar-refractivity contribution >= 4 is 17.5 Å². The quantitative estimate of drug-likeness (QED) is 0.759. The van der Waals surface area contributed by atoms with Crippen molar-refractivity contribution in [1.29, 1.82) is 0 Å². The topological polar surface area (TPSA) is 62.3 Å². The van der Waals surface area contributed by atoms with E-state index in [2.05, 4.69) is 4.90 Å². The van der Waals surface area contributed by atoms with Gasteiger partial charge in [-0.1, -0.05) is 25.0 Å². The van der Waals surface area contributed by atoms with Gasteiger partial charge in [-0.15, -0.1) is 0 Å². The Bertz CT molecular complexity index is 805. The van der Waals surface area contributed by atoms with E-state index in [1.54, 1.807) is 4.90 Å². The minimum absolute atomic E-state index is 0.00604. The molecule has 162 valence electrons. The Morgan fingerprint density at radius 3 is 2.80 bits per heavy atom. The maximum Gasteiger partial charge on any atom is 0.265 e. The van der Waals surface area contributed by atoms with Crippen LogP contribution in [0.4, 0.5) is 5.69 Å². The van der Waals surface area contributed by atoms with Gasteiger partial charge in [0.1, 0.15) is 17.9 Å². The number of carbonyl (C=O) groups is 2. The molecule has 0 bridgehead atoms. The van der Waals surface area contributed by atoms with Gasteiger partial charge in [0, 0.05) is 12.6 Å². The molecular formula is C23H31N3O4. The fourth-order valence-electron chi connectivity index (χ4n) is 5.70. The number of carbonyl (C=O) groups excluding carboxylic acids is 2. The lowest BCUT2D eigenvalue weighted by atomic mass is 9.78. The summed E-state index contributed by atoms with van der Waals surface area (Å²) in [5.74, 6) is 0.482. The number of nitrogens with zero attached hydrogens (tertiary/aromatic N) is 3. The van der Waals surface area contributed by atoms with Crippen LogP contribution < -0.4 is 9.64 Å². The van der Waals surface area contributed by atoms with Crippen molar-refractivity contribution in [2.75, 3.05) is 50.8 Å². The van der Waals surface area contributed by atoms with Crippen molar-refractivity contribution in [3.63, 3.8) is 0 Å². The van der Waals surface area contributed by atoms with Crippen LogP contribution in [0.3, 0.4) is 0 Å². The highest BCUT2D eigenvalue weighted by molar-refractivity contribution is 6.02. The molecule has 7 nitrogen and oxygen atoms in total. The van der Waals surface area contributed by atoms with Crippen molar-refractivity contribution in [2.24, 2.45) is 0 Å². The maximum atomic E-state index is 13.3. The van der Waals surface area contributed by atoms with Crippen LogP contribution in [0.1, 0.15) is 38.5 Å². The van der Waals surface area contributed by atoms with E-state index in [0.29, 0.717) is 37.2 Å². The minimum Gasteiger partial charge on any atom is -0.482 e. The molecule has 2 atom stereocenters. The molecule has 1 aliphatic carbocycles. The van der Waals surface area contributed by atoms with Crippen LogP contribution in [-0.4, -0.2) is 79.2 Å². The molecule has 0 aromatic heterocycles. The zero-order chi connectivity index (χ0) is 20.6. The summed E-state index contributed by atoms with van der Waals surface area (Å²) in [6.45, 7) is 4.12. The summed E-state index contributed by atoms with van der Waals surface area (Å²) in [6, 6.07) is 7.82. The van der Waals surface area contributed by atoms with Crippen LogP contribution in [0.5, 0.6) is 5.75 Å². The van der Waals surface area contributed by atoms with Crippen molar-refractivity contribution < 1.29 is 19.1 Å². The van der Waals surface area contributed by atoms with Crippen molar-refractivity contribution in [3.8, 4) is 5.75 Å². The summed E-state index contributed by atoms with van der Waals surface area (Å²) >= 11 is 0. The molecule has 0 radical (unpaired) electrons. The Hall–Kier alpha value is -2.12. The van der Waals surface area contributed by atoms with Crippen LogP contribution in [0.25, 0.3) is 0 Å². The van der Waals surface area contributed by atoms with Gasteiger partial charge < -0.3 is 14.4 Å². The first-order valence-corrected chi connectivity index (χ1v) is 11.3. The van der Waals surface area contributed by atoms with E-state index < -0.39 is 0 Å². The van der Waals surface area contributed by atoms with E-state index in [1.807, 2.05) is 29.2 Å². The van der Waals surface area contributed by atoms with Crippen molar-refractivity contribution in [1.82, 2.24) is 9.80 Å². The number of fused-ring (bicyclic) bond motifs is 1. The summed E-state index contributed by atoms with van der Waals surface area (Å²) < 4.78 is 12.0. The first-order chi connectivity index (χ1) is 14.7. The van der Waals surface area contributed by atoms with Gasteiger partial charge in [-0.25, -0.2) is 0 Å². The first-order valence-electron chi connectivity index (χ1n) is 11.3. The van der Waals surface area contributed by atoms with Gasteiger partial charge >= 0.3 is 0 Å². The fourth-order valence-corrected chi connectivity index (χ4v) is 5.70. The summed E-state index contributed by atoms with van der Waals surface area (Å²) in [6.07, 6.45) is 7.07. The zero-order valence-electron chi connectivity index (χ0n) is 17.6. The SMILES string of the molecule is O=C(CN1C(=O)COc2ccccc21)N1CCO[C@@]2(CCCC[C@@H]2N2CCCC2)C1. The predicted octanol–water partition coefficient (Wildman–Crippen LogP) is 2.05. The van der Waals surface area contributed by atoms with Crippen molar-refractivity contribution in [2.45, 2.75) is 50.2 Å². The van der Waals surface area contributed by atoms with Crippen LogP contribution in [0, 0.1) is 0 Å². The summed E-state index contributed by atoms with van der Waals surface area (Å²) in [7, 11) is 0. The molecule has 30 heavy (non-hydrogen) atoms. The molecule has 3 fully saturated rings. The molecule has 4 aliphatic rings. The number of morpholine rings is 1. The minimum atomic E-state index is -0.260. The number of ether oxygens (including phenoxy) is 2. The molecule has 3 heterocycles. The van der Waals surface area contributed by atoms with E-state index in [0.717, 1.165) is 32.4 Å². The summed E-state index contributed by atoms with van der Waals surface area (Å²) in [4.78, 5) is 31.9. The molecule has 5 rings (SSSR count). The number of benzene rings is 1. The maximum absolute atomic E-state index is 13.3. The lowest BCUT2D eigenvalue weighted by molar-refractivity contribution is -0.173. The van der Waals surface area contributed by atoms with Crippen LogP contribution in [0.2, 0.25) is 0 Å². The Morgan fingerprint density at radius 1 is 1.10 bits per heavy atom. The third-order valence-electron chi connectivity index (χ3n) is 7.18. The van der Waals surface area contributed by atoms with Gasteiger partial charge in [0.25, 0.3) is 5.91 Å². The van der Waals surface area contributed by atoms with Gasteiger partial charge in [0.2, 0.25) is 5.91 Å². The van der Waals surface area contributed by atoms with Gasteiger partial charge in [-0.2, -0.15) is 0 Å². The number of amides is 2. The van der Waals surface area contributed by atoms with Crippen LogP contribution in [0.15, 0.2) is 24.3 Å². The normalized spacial score (nSPS) is 29.7. The molecule has 1 aromatic rings. The molecule has 0 N–H and O–H groups in total. The second-order valence-electron chi connectivity index (χ2n) is 8.97. The third-order valence-corrected chi connectivity index (χ3v) is 7.18. The highest BCUT2D eigenvalue weighted by atomic mass is 16.5. The molecular weight excluding hydrogens is 382 g/mol. The molecule has 1 aromatic carbocycles. The molecule has 1 saturated carbocycles. The van der Waals surface area contributed by atoms with Crippen molar-refractivity contribution in [3.05, 3.63) is 24.3 Å². The van der Waals surface area contributed by atoms with E-state index >= 15 is 0 Å². The second kappa shape index (κ2) is 8.19.